The summed E-state index contributed by atoms with van der Waals surface area (Å²) in [6.45, 7) is 10.6. The molecule has 1 unspecified atom stereocenters. The van der Waals surface area contributed by atoms with Crippen LogP contribution in [0.15, 0.2) is 0 Å². The van der Waals surface area contributed by atoms with Crippen LogP contribution in [0.3, 0.4) is 0 Å². The standard InChI is InChI=1S/C12H27N3O/c1-6-11(4)15(5)8-7-13-9-12(16)14-10(2)3/h10-11,13H,6-9H2,1-5H3,(H,14,16). The molecule has 1 amide bonds. The van der Waals surface area contributed by atoms with E-state index < -0.39 is 0 Å². The summed E-state index contributed by atoms with van der Waals surface area (Å²) in [5, 5.41) is 6.00. The molecule has 0 saturated carbocycles. The quantitative estimate of drug-likeness (QED) is 0.606. The van der Waals surface area contributed by atoms with Crippen molar-refractivity contribution in [1.82, 2.24) is 15.5 Å². The number of carbonyl (C=O) groups excluding carboxylic acids is 1. The van der Waals surface area contributed by atoms with E-state index in [9.17, 15) is 4.79 Å². The fourth-order valence-corrected chi connectivity index (χ4v) is 1.36. The van der Waals surface area contributed by atoms with Crippen molar-refractivity contribution in [1.29, 1.82) is 0 Å². The van der Waals surface area contributed by atoms with Crippen molar-refractivity contribution >= 4 is 5.91 Å². The van der Waals surface area contributed by atoms with Crippen molar-refractivity contribution < 1.29 is 4.79 Å². The molecule has 0 aliphatic rings. The number of nitrogens with zero attached hydrogens (tertiary/aromatic N) is 1. The number of carbonyl (C=O) groups is 1. The largest absolute Gasteiger partial charge is 0.353 e. The second kappa shape index (κ2) is 8.53. The summed E-state index contributed by atoms with van der Waals surface area (Å²) in [5.74, 6) is 0.0705. The first-order chi connectivity index (χ1) is 7.47. The van der Waals surface area contributed by atoms with Gasteiger partial charge in [0, 0.05) is 25.2 Å². The molecule has 0 aromatic heterocycles. The highest BCUT2D eigenvalue weighted by Crippen LogP contribution is 1.97. The highest BCUT2D eigenvalue weighted by molar-refractivity contribution is 5.78. The molecule has 0 saturated heterocycles. The van der Waals surface area contributed by atoms with Crippen LogP contribution in [-0.2, 0) is 4.79 Å². The van der Waals surface area contributed by atoms with E-state index in [1.165, 1.54) is 0 Å². The minimum absolute atomic E-state index is 0.0705. The highest BCUT2D eigenvalue weighted by atomic mass is 16.1. The van der Waals surface area contributed by atoms with E-state index in [1.807, 2.05) is 13.8 Å². The molecule has 96 valence electrons. The lowest BCUT2D eigenvalue weighted by Gasteiger charge is -2.23. The smallest absolute Gasteiger partial charge is 0.234 e. The molecule has 0 aromatic carbocycles. The monoisotopic (exact) mass is 229 g/mol. The fourth-order valence-electron chi connectivity index (χ4n) is 1.36. The second-order valence-corrected chi connectivity index (χ2v) is 4.64. The molecule has 0 rings (SSSR count). The lowest BCUT2D eigenvalue weighted by Crippen LogP contribution is -2.41. The Balaban J connectivity index is 3.49. The second-order valence-electron chi connectivity index (χ2n) is 4.64. The van der Waals surface area contributed by atoms with Gasteiger partial charge in [-0.3, -0.25) is 4.79 Å². The van der Waals surface area contributed by atoms with E-state index in [2.05, 4.69) is 36.4 Å². The number of likely N-dealkylation sites (N-methyl/N-ethyl adjacent to an activating group) is 1. The first-order valence-electron chi connectivity index (χ1n) is 6.17. The Morgan fingerprint density at radius 3 is 2.44 bits per heavy atom. The maximum absolute atomic E-state index is 11.3. The average Bonchev–Trinajstić information content (AvgIpc) is 2.21. The molecular formula is C12H27N3O. The number of amides is 1. The summed E-state index contributed by atoms with van der Waals surface area (Å²) in [6, 6.07) is 0.823. The van der Waals surface area contributed by atoms with Gasteiger partial charge < -0.3 is 15.5 Å². The summed E-state index contributed by atoms with van der Waals surface area (Å²) in [6.07, 6.45) is 1.16. The molecule has 0 bridgehead atoms. The summed E-state index contributed by atoms with van der Waals surface area (Å²) >= 11 is 0. The van der Waals surface area contributed by atoms with E-state index in [0.717, 1.165) is 19.5 Å². The van der Waals surface area contributed by atoms with E-state index >= 15 is 0 Å². The zero-order chi connectivity index (χ0) is 12.6. The number of hydrogen-bond acceptors (Lipinski definition) is 3. The van der Waals surface area contributed by atoms with Gasteiger partial charge in [-0.05, 0) is 34.2 Å². The third-order valence-electron chi connectivity index (χ3n) is 2.72. The highest BCUT2D eigenvalue weighted by Gasteiger charge is 2.06. The van der Waals surface area contributed by atoms with Crippen LogP contribution in [0.1, 0.15) is 34.1 Å². The summed E-state index contributed by atoms with van der Waals surface area (Å²) in [4.78, 5) is 13.6. The molecule has 2 N–H and O–H groups in total. The van der Waals surface area contributed by atoms with Crippen LogP contribution in [0, 0.1) is 0 Å². The van der Waals surface area contributed by atoms with Crippen LogP contribution in [0.2, 0.25) is 0 Å². The Morgan fingerprint density at radius 2 is 1.94 bits per heavy atom. The Labute approximate surface area is 99.8 Å². The van der Waals surface area contributed by atoms with Crippen LogP contribution in [0.4, 0.5) is 0 Å². The predicted molar refractivity (Wildman–Crippen MR) is 68.5 cm³/mol. The Bertz CT molecular complexity index is 195. The van der Waals surface area contributed by atoms with Crippen LogP contribution in [0.25, 0.3) is 0 Å². The van der Waals surface area contributed by atoms with Gasteiger partial charge in [0.2, 0.25) is 5.91 Å². The molecule has 0 aromatic rings. The zero-order valence-electron chi connectivity index (χ0n) is 11.3. The number of nitrogens with one attached hydrogen (secondary N) is 2. The third-order valence-corrected chi connectivity index (χ3v) is 2.72. The van der Waals surface area contributed by atoms with E-state index in [1.54, 1.807) is 0 Å². The fraction of sp³-hybridized carbons (Fsp3) is 0.917. The van der Waals surface area contributed by atoms with Crippen LogP contribution < -0.4 is 10.6 Å². The SMILES string of the molecule is CCC(C)N(C)CCNCC(=O)NC(C)C. The maximum atomic E-state index is 11.3. The molecule has 0 aliphatic heterocycles. The van der Waals surface area contributed by atoms with Crippen molar-refractivity contribution in [2.45, 2.75) is 46.2 Å². The van der Waals surface area contributed by atoms with E-state index in [4.69, 9.17) is 0 Å². The summed E-state index contributed by atoms with van der Waals surface area (Å²) in [7, 11) is 2.12. The minimum atomic E-state index is 0.0705. The van der Waals surface area contributed by atoms with Gasteiger partial charge in [0.25, 0.3) is 0 Å². The molecule has 4 heteroatoms. The first-order valence-corrected chi connectivity index (χ1v) is 6.17. The number of hydrogen-bond donors (Lipinski definition) is 2. The topological polar surface area (TPSA) is 44.4 Å². The Kier molecular flexibility index (Phi) is 8.21. The zero-order valence-corrected chi connectivity index (χ0v) is 11.3. The number of rotatable bonds is 8. The minimum Gasteiger partial charge on any atom is -0.353 e. The van der Waals surface area contributed by atoms with Gasteiger partial charge >= 0.3 is 0 Å². The predicted octanol–water partition coefficient (Wildman–Crippen LogP) is 0.831. The van der Waals surface area contributed by atoms with Crippen LogP contribution >= 0.6 is 0 Å². The van der Waals surface area contributed by atoms with Gasteiger partial charge in [-0.2, -0.15) is 0 Å². The van der Waals surface area contributed by atoms with Crippen LogP contribution in [-0.4, -0.2) is 49.6 Å². The first kappa shape index (κ1) is 15.4. The van der Waals surface area contributed by atoms with Crippen molar-refractivity contribution in [3.05, 3.63) is 0 Å². The van der Waals surface area contributed by atoms with Gasteiger partial charge in [0.05, 0.1) is 6.54 Å². The third kappa shape index (κ3) is 7.65. The molecule has 0 radical (unpaired) electrons. The normalized spacial score (nSPS) is 13.2. The summed E-state index contributed by atoms with van der Waals surface area (Å²) < 4.78 is 0. The molecule has 0 spiro atoms. The molecule has 4 nitrogen and oxygen atoms in total. The van der Waals surface area contributed by atoms with Gasteiger partial charge in [0.15, 0.2) is 0 Å². The Morgan fingerprint density at radius 1 is 1.31 bits per heavy atom. The Hall–Kier alpha value is -0.610. The van der Waals surface area contributed by atoms with Crippen molar-refractivity contribution in [3.63, 3.8) is 0 Å². The molecule has 0 aliphatic carbocycles. The van der Waals surface area contributed by atoms with Gasteiger partial charge in [0.1, 0.15) is 0 Å². The summed E-state index contributed by atoms with van der Waals surface area (Å²) in [5.41, 5.74) is 0. The van der Waals surface area contributed by atoms with Crippen molar-refractivity contribution in [2.75, 3.05) is 26.7 Å². The lowest BCUT2D eigenvalue weighted by molar-refractivity contribution is -0.120. The molecule has 1 atom stereocenters. The van der Waals surface area contributed by atoms with Gasteiger partial charge in [-0.25, -0.2) is 0 Å². The molecule has 16 heavy (non-hydrogen) atoms. The van der Waals surface area contributed by atoms with E-state index in [-0.39, 0.29) is 11.9 Å². The van der Waals surface area contributed by atoms with Crippen molar-refractivity contribution in [3.8, 4) is 0 Å². The van der Waals surface area contributed by atoms with Crippen LogP contribution in [0.5, 0.6) is 0 Å². The van der Waals surface area contributed by atoms with Crippen molar-refractivity contribution in [2.24, 2.45) is 0 Å². The average molecular weight is 229 g/mol. The van der Waals surface area contributed by atoms with E-state index in [0.29, 0.717) is 12.6 Å². The van der Waals surface area contributed by atoms with Gasteiger partial charge in [-0.15, -0.1) is 0 Å². The lowest BCUT2D eigenvalue weighted by atomic mass is 10.2. The van der Waals surface area contributed by atoms with Gasteiger partial charge in [-0.1, -0.05) is 6.92 Å². The molecule has 0 heterocycles. The molecular weight excluding hydrogens is 202 g/mol. The molecule has 0 fully saturated rings. The maximum Gasteiger partial charge on any atom is 0.234 e.